The molecule has 4 rings (SSSR count). The quantitative estimate of drug-likeness (QED) is 0.757. The van der Waals surface area contributed by atoms with E-state index >= 15 is 0 Å². The zero-order valence-electron chi connectivity index (χ0n) is 16.3. The molecule has 1 N–H and O–H groups in total. The molecule has 2 fully saturated rings. The van der Waals surface area contributed by atoms with Crippen LogP contribution in [0.25, 0.3) is 0 Å². The van der Waals surface area contributed by atoms with Crippen molar-refractivity contribution in [2.24, 2.45) is 16.7 Å². The first-order valence-electron chi connectivity index (χ1n) is 9.33. The topological polar surface area (TPSA) is 114 Å². The van der Waals surface area contributed by atoms with Gasteiger partial charge in [-0.1, -0.05) is 60.5 Å². The van der Waals surface area contributed by atoms with Gasteiger partial charge in [0.25, 0.3) is 0 Å². The van der Waals surface area contributed by atoms with E-state index in [1.165, 1.54) is 0 Å². The number of halogens is 1. The number of fused-ring (bicyclic) bond motifs is 2. The average molecular weight is 417 g/mol. The van der Waals surface area contributed by atoms with Gasteiger partial charge in [-0.3, -0.25) is 5.41 Å². The third-order valence-corrected chi connectivity index (χ3v) is 6.55. The first-order chi connectivity index (χ1) is 14.3. The maximum absolute atomic E-state index is 10.3. The molecule has 0 radical (unpaired) electrons. The number of nitriles is 3. The minimum Gasteiger partial charge on any atom is -0.443 e. The number of hydrogen-bond donors (Lipinski definition) is 1. The van der Waals surface area contributed by atoms with E-state index in [4.69, 9.17) is 26.5 Å². The summed E-state index contributed by atoms with van der Waals surface area (Å²) in [6.45, 7) is 3.63. The molecular weight excluding hydrogens is 400 g/mol. The van der Waals surface area contributed by atoms with Crippen molar-refractivity contribution in [2.75, 3.05) is 0 Å². The van der Waals surface area contributed by atoms with Crippen molar-refractivity contribution in [1.82, 2.24) is 0 Å². The van der Waals surface area contributed by atoms with Crippen LogP contribution in [0.15, 0.2) is 48.5 Å². The highest BCUT2D eigenvalue weighted by atomic mass is 35.5. The SMILES string of the molecule is Cc1ccc(C23OC(=N)C(C#N)(C2C)C(C#N)(C#N)C(c2ccc(Cl)cc2)O3)cc1. The highest BCUT2D eigenvalue weighted by Gasteiger charge is 2.79. The summed E-state index contributed by atoms with van der Waals surface area (Å²) in [6.07, 6.45) is -1.13. The summed E-state index contributed by atoms with van der Waals surface area (Å²) in [4.78, 5) is 0. The van der Waals surface area contributed by atoms with Crippen molar-refractivity contribution >= 4 is 17.5 Å². The van der Waals surface area contributed by atoms with Crippen LogP contribution in [0.5, 0.6) is 0 Å². The number of ether oxygens (including phenoxy) is 2. The van der Waals surface area contributed by atoms with Crippen molar-refractivity contribution in [3.8, 4) is 18.2 Å². The number of benzene rings is 2. The first kappa shape index (κ1) is 19.9. The third kappa shape index (κ3) is 2.22. The van der Waals surface area contributed by atoms with Gasteiger partial charge in [-0.05, 0) is 24.6 Å². The van der Waals surface area contributed by atoms with E-state index in [0.717, 1.165) is 5.56 Å². The lowest BCUT2D eigenvalue weighted by molar-refractivity contribution is -0.288. The summed E-state index contributed by atoms with van der Waals surface area (Å²) in [5.74, 6) is -2.70. The third-order valence-electron chi connectivity index (χ3n) is 6.30. The Labute approximate surface area is 179 Å². The molecule has 2 aliphatic rings. The predicted molar refractivity (Wildman–Crippen MR) is 108 cm³/mol. The fourth-order valence-electron chi connectivity index (χ4n) is 4.59. The van der Waals surface area contributed by atoms with Crippen LogP contribution in [0.1, 0.15) is 29.7 Å². The zero-order valence-corrected chi connectivity index (χ0v) is 17.1. The molecular formula is C23H17ClN4O2. The highest BCUT2D eigenvalue weighted by Crippen LogP contribution is 2.68. The van der Waals surface area contributed by atoms with E-state index < -0.39 is 34.5 Å². The van der Waals surface area contributed by atoms with Gasteiger partial charge >= 0.3 is 0 Å². The molecule has 2 aliphatic heterocycles. The lowest BCUT2D eigenvalue weighted by atomic mass is 9.53. The lowest BCUT2D eigenvalue weighted by Crippen LogP contribution is -2.57. The van der Waals surface area contributed by atoms with Gasteiger partial charge in [-0.2, -0.15) is 15.8 Å². The molecule has 0 aromatic heterocycles. The number of nitrogens with one attached hydrogen (secondary N) is 1. The number of nitrogens with zero attached hydrogens (tertiary/aromatic N) is 3. The Kier molecular flexibility index (Phi) is 4.37. The zero-order chi connectivity index (χ0) is 21.7. The summed E-state index contributed by atoms with van der Waals surface area (Å²) in [7, 11) is 0. The molecule has 2 aromatic rings. The average Bonchev–Trinajstić information content (AvgIpc) is 2.91. The largest absolute Gasteiger partial charge is 0.443 e. The monoisotopic (exact) mass is 416 g/mol. The molecule has 6 nitrogen and oxygen atoms in total. The molecule has 2 bridgehead atoms. The summed E-state index contributed by atoms with van der Waals surface area (Å²) >= 11 is 6.02. The fraction of sp³-hybridized carbons (Fsp3) is 0.304. The van der Waals surface area contributed by atoms with Crippen molar-refractivity contribution in [1.29, 1.82) is 21.2 Å². The number of hydrogen-bond acceptors (Lipinski definition) is 6. The van der Waals surface area contributed by atoms with Crippen LogP contribution >= 0.6 is 11.6 Å². The van der Waals surface area contributed by atoms with Gasteiger partial charge in [0.1, 0.15) is 6.10 Å². The van der Waals surface area contributed by atoms with Crippen LogP contribution in [-0.2, 0) is 15.3 Å². The summed E-state index contributed by atoms with van der Waals surface area (Å²) < 4.78 is 12.4. The van der Waals surface area contributed by atoms with Gasteiger partial charge < -0.3 is 9.47 Å². The molecule has 30 heavy (non-hydrogen) atoms. The molecule has 2 heterocycles. The molecule has 148 valence electrons. The highest BCUT2D eigenvalue weighted by molar-refractivity contribution is 6.30. The summed E-state index contributed by atoms with van der Waals surface area (Å²) in [5.41, 5.74) is -1.66. The minimum atomic E-state index is -1.99. The first-order valence-corrected chi connectivity index (χ1v) is 9.71. The van der Waals surface area contributed by atoms with Crippen LogP contribution < -0.4 is 0 Å². The number of rotatable bonds is 2. The van der Waals surface area contributed by atoms with Crippen LogP contribution in [-0.4, -0.2) is 5.90 Å². The molecule has 4 unspecified atom stereocenters. The molecule has 4 atom stereocenters. The smallest absolute Gasteiger partial charge is 0.244 e. The van der Waals surface area contributed by atoms with Crippen molar-refractivity contribution in [2.45, 2.75) is 25.7 Å². The second kappa shape index (κ2) is 6.57. The van der Waals surface area contributed by atoms with E-state index in [1.54, 1.807) is 31.2 Å². The van der Waals surface area contributed by atoms with Gasteiger partial charge in [-0.25, -0.2) is 0 Å². The Balaban J connectivity index is 2.03. The Hall–Kier alpha value is -3.37. The molecule has 0 spiro atoms. The van der Waals surface area contributed by atoms with Gasteiger partial charge in [0.15, 0.2) is 5.41 Å². The molecule has 7 heteroatoms. The van der Waals surface area contributed by atoms with Crippen LogP contribution in [0.2, 0.25) is 5.02 Å². The fourth-order valence-corrected chi connectivity index (χ4v) is 4.72. The van der Waals surface area contributed by atoms with Gasteiger partial charge in [0.2, 0.25) is 17.1 Å². The molecule has 2 aromatic carbocycles. The molecule has 0 saturated carbocycles. The lowest BCUT2D eigenvalue weighted by Gasteiger charge is -2.48. The van der Waals surface area contributed by atoms with E-state index in [-0.39, 0.29) is 0 Å². The van der Waals surface area contributed by atoms with E-state index in [0.29, 0.717) is 16.1 Å². The second-order valence-corrected chi connectivity index (χ2v) is 8.12. The molecule has 0 aliphatic carbocycles. The standard InChI is InChI=1S/C23H17ClN4O2/c1-14-3-7-17(8-4-14)23-15(2)22(13-27,20(28)30-23)21(11-25,12-26)19(29-23)16-5-9-18(24)10-6-16/h3-10,15,19,28H,1-2H3. The van der Waals surface area contributed by atoms with E-state index in [2.05, 4.69) is 6.07 Å². The Morgan fingerprint density at radius 3 is 2.10 bits per heavy atom. The predicted octanol–water partition coefficient (Wildman–Crippen LogP) is 4.76. The van der Waals surface area contributed by atoms with Crippen molar-refractivity contribution in [3.05, 3.63) is 70.2 Å². The van der Waals surface area contributed by atoms with Crippen molar-refractivity contribution in [3.63, 3.8) is 0 Å². The van der Waals surface area contributed by atoms with E-state index in [9.17, 15) is 15.8 Å². The van der Waals surface area contributed by atoms with Gasteiger partial charge in [0.05, 0.1) is 24.1 Å². The Bertz CT molecular complexity index is 1140. The second-order valence-electron chi connectivity index (χ2n) is 7.69. The van der Waals surface area contributed by atoms with Crippen LogP contribution in [0.3, 0.4) is 0 Å². The molecule has 0 amide bonds. The molecule has 2 saturated heterocycles. The van der Waals surface area contributed by atoms with Gasteiger partial charge in [0, 0.05) is 10.6 Å². The minimum absolute atomic E-state index is 0.433. The maximum atomic E-state index is 10.3. The Morgan fingerprint density at radius 2 is 1.57 bits per heavy atom. The normalized spacial score (nSPS) is 31.1. The van der Waals surface area contributed by atoms with Crippen molar-refractivity contribution < 1.29 is 9.47 Å². The number of aryl methyl sites for hydroxylation is 1. The van der Waals surface area contributed by atoms with E-state index in [1.807, 2.05) is 43.3 Å². The summed E-state index contributed by atoms with van der Waals surface area (Å²) in [5, 5.41) is 39.7. The van der Waals surface area contributed by atoms with Crippen LogP contribution in [0.4, 0.5) is 0 Å². The Morgan fingerprint density at radius 1 is 0.967 bits per heavy atom. The maximum Gasteiger partial charge on any atom is 0.244 e. The van der Waals surface area contributed by atoms with Gasteiger partial charge in [-0.15, -0.1) is 0 Å². The summed E-state index contributed by atoms with van der Waals surface area (Å²) in [6, 6.07) is 20.1. The van der Waals surface area contributed by atoms with Crippen LogP contribution in [0, 0.1) is 63.1 Å².